The molecule has 0 atom stereocenters. The molecule has 14 heavy (non-hydrogen) atoms. The lowest BCUT2D eigenvalue weighted by molar-refractivity contribution is -0.384. The molecule has 1 rings (SSSR count). The van der Waals surface area contributed by atoms with Crippen LogP contribution < -0.4 is 0 Å². The highest BCUT2D eigenvalue weighted by Gasteiger charge is 2.03. The van der Waals surface area contributed by atoms with Crippen molar-refractivity contribution in [3.05, 3.63) is 47.0 Å². The van der Waals surface area contributed by atoms with Crippen LogP contribution in [0.15, 0.2) is 41.8 Å². The predicted molar refractivity (Wildman–Crippen MR) is 61.6 cm³/mol. The van der Waals surface area contributed by atoms with E-state index < -0.39 is 4.92 Å². The second-order valence-electron chi connectivity index (χ2n) is 2.41. The number of nitro groups is 1. The third-order valence-corrected chi connectivity index (χ3v) is 3.68. The largest absolute Gasteiger partial charge is 0.269 e. The van der Waals surface area contributed by atoms with Crippen LogP contribution >= 0.6 is 21.6 Å². The summed E-state index contributed by atoms with van der Waals surface area (Å²) in [5, 5.41) is 10.4. The topological polar surface area (TPSA) is 43.1 Å². The van der Waals surface area contributed by atoms with Gasteiger partial charge in [0.2, 0.25) is 0 Å². The van der Waals surface area contributed by atoms with E-state index in [2.05, 4.69) is 6.58 Å². The molecule has 1 aromatic carbocycles. The van der Waals surface area contributed by atoms with Crippen LogP contribution in [0.2, 0.25) is 0 Å². The van der Waals surface area contributed by atoms with E-state index in [9.17, 15) is 10.1 Å². The molecule has 0 amide bonds. The average Bonchev–Trinajstić information content (AvgIpc) is 2.19. The summed E-state index contributed by atoms with van der Waals surface area (Å²) < 4.78 is 0. The third kappa shape index (κ3) is 3.43. The highest BCUT2D eigenvalue weighted by Crippen LogP contribution is 2.31. The fourth-order valence-electron chi connectivity index (χ4n) is 0.774. The van der Waals surface area contributed by atoms with Gasteiger partial charge in [0.25, 0.3) is 5.69 Å². The van der Waals surface area contributed by atoms with Crippen molar-refractivity contribution in [2.24, 2.45) is 0 Å². The van der Waals surface area contributed by atoms with Crippen LogP contribution in [0.3, 0.4) is 0 Å². The zero-order chi connectivity index (χ0) is 10.4. The summed E-state index contributed by atoms with van der Waals surface area (Å²) in [7, 11) is 3.24. The van der Waals surface area contributed by atoms with Gasteiger partial charge in [0.1, 0.15) is 0 Å². The zero-order valence-corrected chi connectivity index (χ0v) is 9.01. The molecule has 0 fully saturated rings. The van der Waals surface area contributed by atoms with Gasteiger partial charge < -0.3 is 0 Å². The standard InChI is InChI=1S/C9H9NO2S2/c1-2-7-13-14-9-5-3-8(4-6-9)10(11)12/h2-6H,1,7H2. The Morgan fingerprint density at radius 3 is 2.57 bits per heavy atom. The molecule has 0 aromatic heterocycles. The first-order valence-corrected chi connectivity index (χ1v) is 6.21. The molecule has 0 bridgehead atoms. The number of benzene rings is 1. The molecule has 0 aliphatic carbocycles. The van der Waals surface area contributed by atoms with Crippen molar-refractivity contribution in [3.63, 3.8) is 0 Å². The Balaban J connectivity index is 2.55. The van der Waals surface area contributed by atoms with Crippen LogP contribution in [0.1, 0.15) is 0 Å². The van der Waals surface area contributed by atoms with Gasteiger partial charge >= 0.3 is 0 Å². The van der Waals surface area contributed by atoms with Crippen molar-refractivity contribution in [1.82, 2.24) is 0 Å². The Kier molecular flexibility index (Phi) is 4.55. The van der Waals surface area contributed by atoms with Crippen LogP contribution in [0.5, 0.6) is 0 Å². The fraction of sp³-hybridized carbons (Fsp3) is 0.111. The summed E-state index contributed by atoms with van der Waals surface area (Å²) in [4.78, 5) is 11.0. The number of nitro benzene ring substituents is 1. The number of hydrogen-bond donors (Lipinski definition) is 0. The molecule has 0 unspecified atom stereocenters. The Hall–Kier alpha value is -0.940. The molecule has 0 saturated heterocycles. The van der Waals surface area contributed by atoms with E-state index in [0.717, 1.165) is 10.6 Å². The normalized spacial score (nSPS) is 9.71. The Bertz CT molecular complexity index is 324. The zero-order valence-electron chi connectivity index (χ0n) is 7.38. The van der Waals surface area contributed by atoms with Crippen LogP contribution in [0, 0.1) is 10.1 Å². The lowest BCUT2D eigenvalue weighted by Gasteiger charge is -1.97. The van der Waals surface area contributed by atoms with E-state index in [1.54, 1.807) is 33.7 Å². The van der Waals surface area contributed by atoms with Gasteiger partial charge in [-0.25, -0.2) is 0 Å². The van der Waals surface area contributed by atoms with Gasteiger partial charge in [-0.15, -0.1) is 6.58 Å². The van der Waals surface area contributed by atoms with Crippen LogP contribution in [-0.4, -0.2) is 10.7 Å². The van der Waals surface area contributed by atoms with Crippen molar-refractivity contribution < 1.29 is 4.92 Å². The maximum atomic E-state index is 10.4. The fourth-order valence-corrected chi connectivity index (χ4v) is 2.56. The summed E-state index contributed by atoms with van der Waals surface area (Å²) >= 11 is 0. The Morgan fingerprint density at radius 2 is 2.07 bits per heavy atom. The summed E-state index contributed by atoms with van der Waals surface area (Å²) in [6, 6.07) is 6.52. The molecule has 74 valence electrons. The Morgan fingerprint density at radius 1 is 1.43 bits per heavy atom. The minimum atomic E-state index is -0.397. The molecule has 0 aliphatic rings. The minimum Gasteiger partial charge on any atom is -0.258 e. The van der Waals surface area contributed by atoms with Gasteiger partial charge in [-0.1, -0.05) is 27.7 Å². The van der Waals surface area contributed by atoms with Gasteiger partial charge in [0.15, 0.2) is 0 Å². The highest BCUT2D eigenvalue weighted by atomic mass is 33.1. The van der Waals surface area contributed by atoms with Crippen LogP contribution in [-0.2, 0) is 0 Å². The summed E-state index contributed by atoms with van der Waals surface area (Å²) in [5.74, 6) is 0.863. The molecule has 0 heterocycles. The van der Waals surface area contributed by atoms with Gasteiger partial charge in [-0.2, -0.15) is 0 Å². The minimum absolute atomic E-state index is 0.128. The molecule has 0 spiro atoms. The van der Waals surface area contributed by atoms with Crippen molar-refractivity contribution in [2.45, 2.75) is 4.90 Å². The van der Waals surface area contributed by atoms with Crippen LogP contribution in [0.4, 0.5) is 5.69 Å². The quantitative estimate of drug-likeness (QED) is 0.254. The van der Waals surface area contributed by atoms with E-state index >= 15 is 0 Å². The van der Waals surface area contributed by atoms with E-state index in [-0.39, 0.29) is 5.69 Å². The molecular formula is C9H9NO2S2. The smallest absolute Gasteiger partial charge is 0.258 e. The number of nitrogens with zero attached hydrogens (tertiary/aromatic N) is 1. The molecule has 3 nitrogen and oxygen atoms in total. The molecular weight excluding hydrogens is 218 g/mol. The SMILES string of the molecule is C=CCSSc1ccc([N+](=O)[O-])cc1. The summed E-state index contributed by atoms with van der Waals surface area (Å²) in [5.41, 5.74) is 0.128. The number of hydrogen-bond acceptors (Lipinski definition) is 4. The van der Waals surface area contributed by atoms with E-state index in [4.69, 9.17) is 0 Å². The maximum Gasteiger partial charge on any atom is 0.269 e. The van der Waals surface area contributed by atoms with E-state index in [1.807, 2.05) is 6.08 Å². The lowest BCUT2D eigenvalue weighted by atomic mass is 10.3. The predicted octanol–water partition coefficient (Wildman–Crippen LogP) is 3.52. The van der Waals surface area contributed by atoms with E-state index in [0.29, 0.717) is 0 Å². The second-order valence-corrected chi connectivity index (χ2v) is 4.82. The highest BCUT2D eigenvalue weighted by molar-refractivity contribution is 8.76. The van der Waals surface area contributed by atoms with Gasteiger partial charge in [0.05, 0.1) is 4.92 Å². The lowest BCUT2D eigenvalue weighted by Crippen LogP contribution is -1.86. The van der Waals surface area contributed by atoms with Crippen molar-refractivity contribution in [3.8, 4) is 0 Å². The number of non-ortho nitro benzene ring substituents is 1. The third-order valence-electron chi connectivity index (χ3n) is 1.39. The van der Waals surface area contributed by atoms with Crippen molar-refractivity contribution in [1.29, 1.82) is 0 Å². The first kappa shape index (κ1) is 11.1. The molecule has 0 radical (unpaired) electrons. The van der Waals surface area contributed by atoms with Gasteiger partial charge in [-0.05, 0) is 12.1 Å². The Labute approximate surface area is 90.1 Å². The van der Waals surface area contributed by atoms with Gasteiger partial charge in [-0.3, -0.25) is 10.1 Å². The maximum absolute atomic E-state index is 10.4. The first-order chi connectivity index (χ1) is 6.74. The first-order valence-electron chi connectivity index (χ1n) is 3.89. The summed E-state index contributed by atoms with van der Waals surface area (Å²) in [6.07, 6.45) is 1.82. The second kappa shape index (κ2) is 5.72. The van der Waals surface area contributed by atoms with E-state index in [1.165, 1.54) is 12.1 Å². The molecule has 0 N–H and O–H groups in total. The van der Waals surface area contributed by atoms with Crippen molar-refractivity contribution in [2.75, 3.05) is 5.75 Å². The molecule has 0 saturated carbocycles. The molecule has 5 heteroatoms. The molecule has 0 aliphatic heterocycles. The van der Waals surface area contributed by atoms with Crippen LogP contribution in [0.25, 0.3) is 0 Å². The number of rotatable bonds is 5. The van der Waals surface area contributed by atoms with Gasteiger partial charge in [0, 0.05) is 22.8 Å². The molecule has 1 aromatic rings. The average molecular weight is 227 g/mol. The van der Waals surface area contributed by atoms with Crippen molar-refractivity contribution >= 4 is 27.3 Å². The monoisotopic (exact) mass is 227 g/mol. The summed E-state index contributed by atoms with van der Waals surface area (Å²) in [6.45, 7) is 3.61.